The number of H-pyrrole nitrogens is 1. The van der Waals surface area contributed by atoms with Gasteiger partial charge in [-0.3, -0.25) is 9.59 Å². The van der Waals surface area contributed by atoms with Crippen molar-refractivity contribution >= 4 is 28.4 Å². The first-order valence-corrected chi connectivity index (χ1v) is 8.47. The summed E-state index contributed by atoms with van der Waals surface area (Å²) in [5.41, 5.74) is 0.366. The Hall–Kier alpha value is -2.86. The van der Waals surface area contributed by atoms with E-state index >= 15 is 0 Å². The zero-order valence-electron chi connectivity index (χ0n) is 14.4. The van der Waals surface area contributed by atoms with E-state index in [9.17, 15) is 9.59 Å². The van der Waals surface area contributed by atoms with Gasteiger partial charge < -0.3 is 14.6 Å². The number of hydrogen-bond acceptors (Lipinski definition) is 4. The first-order chi connectivity index (χ1) is 12.4. The third-order valence-corrected chi connectivity index (χ3v) is 4.12. The van der Waals surface area contributed by atoms with Crippen LogP contribution in [0.5, 0.6) is 5.75 Å². The summed E-state index contributed by atoms with van der Waals surface area (Å²) in [4.78, 5) is 33.2. The molecule has 0 unspecified atom stereocenters. The van der Waals surface area contributed by atoms with Crippen LogP contribution in [0.15, 0.2) is 53.3 Å². The number of hydrogen-bond donors (Lipinski definition) is 1. The summed E-state index contributed by atoms with van der Waals surface area (Å²) in [6, 6.07) is 13.9. The quantitative estimate of drug-likeness (QED) is 0.748. The summed E-state index contributed by atoms with van der Waals surface area (Å²) in [5.74, 6) is 0.698. The van der Waals surface area contributed by atoms with E-state index in [1.54, 1.807) is 56.4 Å². The van der Waals surface area contributed by atoms with Gasteiger partial charge >= 0.3 is 0 Å². The van der Waals surface area contributed by atoms with Crippen LogP contribution in [-0.4, -0.2) is 33.9 Å². The molecule has 1 heterocycles. The van der Waals surface area contributed by atoms with Crippen molar-refractivity contribution in [3.63, 3.8) is 0 Å². The third-order valence-electron chi connectivity index (χ3n) is 3.88. The molecule has 1 N–H and O–H groups in total. The second kappa shape index (κ2) is 7.58. The van der Waals surface area contributed by atoms with Crippen molar-refractivity contribution < 1.29 is 9.53 Å². The lowest BCUT2D eigenvalue weighted by Gasteiger charge is -2.22. The van der Waals surface area contributed by atoms with Crippen molar-refractivity contribution in [1.82, 2.24) is 14.9 Å². The number of rotatable bonds is 5. The number of carbonyl (C=O) groups is 1. The average molecular weight is 372 g/mol. The van der Waals surface area contributed by atoms with E-state index in [4.69, 9.17) is 16.3 Å². The molecule has 1 amide bonds. The average Bonchev–Trinajstić information content (AvgIpc) is 2.61. The van der Waals surface area contributed by atoms with Gasteiger partial charge in [0.1, 0.15) is 11.6 Å². The van der Waals surface area contributed by atoms with Gasteiger partial charge in [0.25, 0.3) is 11.5 Å². The monoisotopic (exact) mass is 371 g/mol. The van der Waals surface area contributed by atoms with Crippen LogP contribution in [0.25, 0.3) is 10.9 Å². The zero-order chi connectivity index (χ0) is 18.7. The number of amides is 1. The largest absolute Gasteiger partial charge is 0.481 e. The van der Waals surface area contributed by atoms with Gasteiger partial charge in [0.05, 0.1) is 17.4 Å². The Morgan fingerprint density at radius 1 is 1.27 bits per heavy atom. The van der Waals surface area contributed by atoms with E-state index in [0.29, 0.717) is 27.5 Å². The first-order valence-electron chi connectivity index (χ1n) is 8.09. The van der Waals surface area contributed by atoms with Crippen LogP contribution in [0.4, 0.5) is 0 Å². The maximum Gasteiger partial charge on any atom is 0.263 e. The molecule has 7 heteroatoms. The van der Waals surface area contributed by atoms with Crippen LogP contribution in [0.1, 0.15) is 12.7 Å². The van der Waals surface area contributed by atoms with Gasteiger partial charge in [-0.05, 0) is 37.3 Å². The number of ether oxygens (including phenoxy) is 1. The second-order valence-corrected chi connectivity index (χ2v) is 6.38. The molecule has 134 valence electrons. The molecule has 26 heavy (non-hydrogen) atoms. The van der Waals surface area contributed by atoms with Crippen molar-refractivity contribution in [2.45, 2.75) is 19.6 Å². The van der Waals surface area contributed by atoms with Crippen molar-refractivity contribution in [1.29, 1.82) is 0 Å². The molecule has 6 nitrogen and oxygen atoms in total. The predicted octanol–water partition coefficient (Wildman–Crippen LogP) is 3.00. The van der Waals surface area contributed by atoms with Crippen LogP contribution in [0, 0.1) is 0 Å². The molecule has 0 saturated carbocycles. The Balaban J connectivity index is 1.71. The number of para-hydroxylation sites is 1. The Labute approximate surface area is 155 Å². The van der Waals surface area contributed by atoms with Crippen LogP contribution in [-0.2, 0) is 11.3 Å². The molecule has 0 fully saturated rings. The molecule has 0 bridgehead atoms. The number of halogens is 1. The summed E-state index contributed by atoms with van der Waals surface area (Å²) in [6.07, 6.45) is -0.703. The fraction of sp³-hybridized carbons (Fsp3) is 0.211. The zero-order valence-corrected chi connectivity index (χ0v) is 15.2. The molecule has 0 radical (unpaired) electrons. The fourth-order valence-electron chi connectivity index (χ4n) is 2.62. The van der Waals surface area contributed by atoms with Gasteiger partial charge in [0.2, 0.25) is 0 Å². The maximum absolute atomic E-state index is 12.5. The molecular weight excluding hydrogens is 354 g/mol. The molecule has 3 aromatic rings. The van der Waals surface area contributed by atoms with Crippen LogP contribution >= 0.6 is 11.6 Å². The van der Waals surface area contributed by atoms with E-state index in [0.717, 1.165) is 0 Å². The lowest BCUT2D eigenvalue weighted by molar-refractivity contribution is -0.137. The molecule has 1 atom stereocenters. The van der Waals surface area contributed by atoms with Gasteiger partial charge in [-0.2, -0.15) is 0 Å². The standard InChI is InChI=1S/C19H18ClN3O3/c1-12(26-14-7-5-6-13(20)10-14)19(25)23(2)11-17-21-16-9-4-3-8-15(16)18(24)22-17/h3-10,12H,11H2,1-2H3,(H,21,22,24)/t12-/m1/s1. The van der Waals surface area contributed by atoms with Crippen LogP contribution in [0.2, 0.25) is 5.02 Å². The third kappa shape index (κ3) is 4.03. The van der Waals surface area contributed by atoms with E-state index in [2.05, 4.69) is 9.97 Å². The highest BCUT2D eigenvalue weighted by Crippen LogP contribution is 2.19. The number of fused-ring (bicyclic) bond motifs is 1. The normalized spacial score (nSPS) is 12.0. The highest BCUT2D eigenvalue weighted by molar-refractivity contribution is 6.30. The number of carbonyl (C=O) groups excluding carboxylic acids is 1. The summed E-state index contributed by atoms with van der Waals surface area (Å²) in [7, 11) is 1.63. The SMILES string of the molecule is C[C@@H](Oc1cccc(Cl)c1)C(=O)N(C)Cc1nc2ccccc2c(=O)[nH]1. The van der Waals surface area contributed by atoms with Crippen LogP contribution < -0.4 is 10.3 Å². The number of benzene rings is 2. The predicted molar refractivity (Wildman–Crippen MR) is 100 cm³/mol. The summed E-state index contributed by atoms with van der Waals surface area (Å²) in [6.45, 7) is 1.83. The molecule has 0 spiro atoms. The molecule has 0 saturated heterocycles. The summed E-state index contributed by atoms with van der Waals surface area (Å²) in [5, 5.41) is 1.05. The molecule has 0 aliphatic rings. The summed E-state index contributed by atoms with van der Waals surface area (Å²) >= 11 is 5.92. The molecular formula is C19H18ClN3O3. The topological polar surface area (TPSA) is 75.3 Å². The van der Waals surface area contributed by atoms with E-state index < -0.39 is 6.10 Å². The molecule has 3 rings (SSSR count). The Morgan fingerprint density at radius 2 is 2.04 bits per heavy atom. The van der Waals surface area contributed by atoms with Gasteiger partial charge in [0.15, 0.2) is 6.10 Å². The number of aromatic nitrogens is 2. The Bertz CT molecular complexity index is 1000. The Kier molecular flexibility index (Phi) is 5.23. The lowest BCUT2D eigenvalue weighted by atomic mass is 10.2. The van der Waals surface area contributed by atoms with Crippen molar-refractivity contribution in [3.05, 3.63) is 69.7 Å². The van der Waals surface area contributed by atoms with Crippen molar-refractivity contribution in [3.8, 4) is 5.75 Å². The number of aromatic amines is 1. The minimum atomic E-state index is -0.703. The molecule has 1 aromatic heterocycles. The smallest absolute Gasteiger partial charge is 0.263 e. The molecule has 2 aromatic carbocycles. The highest BCUT2D eigenvalue weighted by atomic mass is 35.5. The van der Waals surface area contributed by atoms with Gasteiger partial charge in [-0.15, -0.1) is 0 Å². The van der Waals surface area contributed by atoms with E-state index in [1.165, 1.54) is 4.90 Å². The minimum absolute atomic E-state index is 0.169. The minimum Gasteiger partial charge on any atom is -0.481 e. The fourth-order valence-corrected chi connectivity index (χ4v) is 2.80. The van der Waals surface area contributed by atoms with E-state index in [-0.39, 0.29) is 18.0 Å². The van der Waals surface area contributed by atoms with Crippen molar-refractivity contribution in [2.75, 3.05) is 7.05 Å². The van der Waals surface area contributed by atoms with Gasteiger partial charge in [-0.1, -0.05) is 29.8 Å². The molecule has 0 aliphatic heterocycles. The lowest BCUT2D eigenvalue weighted by Crippen LogP contribution is -2.38. The molecule has 0 aliphatic carbocycles. The summed E-state index contributed by atoms with van der Waals surface area (Å²) < 4.78 is 5.64. The first kappa shape index (κ1) is 17.9. The van der Waals surface area contributed by atoms with Crippen molar-refractivity contribution in [2.24, 2.45) is 0 Å². The number of nitrogens with zero attached hydrogens (tertiary/aromatic N) is 2. The van der Waals surface area contributed by atoms with Gasteiger partial charge in [-0.25, -0.2) is 4.98 Å². The van der Waals surface area contributed by atoms with E-state index in [1.807, 2.05) is 6.07 Å². The number of nitrogens with one attached hydrogen (secondary N) is 1. The van der Waals surface area contributed by atoms with Gasteiger partial charge in [0, 0.05) is 12.1 Å². The number of likely N-dealkylation sites (N-methyl/N-ethyl adjacent to an activating group) is 1. The second-order valence-electron chi connectivity index (χ2n) is 5.94. The maximum atomic E-state index is 12.5. The Morgan fingerprint density at radius 3 is 2.81 bits per heavy atom. The van der Waals surface area contributed by atoms with Crippen LogP contribution in [0.3, 0.4) is 0 Å². The highest BCUT2D eigenvalue weighted by Gasteiger charge is 2.20.